The van der Waals surface area contributed by atoms with Crippen molar-refractivity contribution in [1.82, 2.24) is 0 Å². The molecule has 0 spiro atoms. The number of nitro groups is 1. The van der Waals surface area contributed by atoms with Gasteiger partial charge in [0.15, 0.2) is 0 Å². The zero-order valence-corrected chi connectivity index (χ0v) is 12.0. The van der Waals surface area contributed by atoms with Gasteiger partial charge in [0.25, 0.3) is 5.69 Å². The highest BCUT2D eigenvalue weighted by Crippen LogP contribution is 2.49. The van der Waals surface area contributed by atoms with Gasteiger partial charge in [-0.25, -0.2) is 0 Å². The molecule has 0 bridgehead atoms. The average Bonchev–Trinajstić information content (AvgIpc) is 2.37. The van der Waals surface area contributed by atoms with Crippen LogP contribution in [0.25, 0.3) is 0 Å². The summed E-state index contributed by atoms with van der Waals surface area (Å²) in [7, 11) is -3.16. The molecule has 6 nitrogen and oxygen atoms in total. The molecule has 0 aliphatic heterocycles. The van der Waals surface area contributed by atoms with Gasteiger partial charge < -0.3 is 9.05 Å². The maximum Gasteiger partial charge on any atom is 0.330 e. The topological polar surface area (TPSA) is 78.7 Å². The van der Waals surface area contributed by atoms with Gasteiger partial charge in [-0.1, -0.05) is 19.1 Å². The Hall–Kier alpha value is -1.23. The molecule has 0 fully saturated rings. The Balaban J connectivity index is 2.80. The van der Waals surface area contributed by atoms with Crippen molar-refractivity contribution in [3.63, 3.8) is 0 Å². The maximum absolute atomic E-state index is 12.3. The summed E-state index contributed by atoms with van der Waals surface area (Å²) in [5, 5.41) is 10.8. The van der Waals surface area contributed by atoms with E-state index in [1.807, 2.05) is 6.92 Å². The normalized spacial score (nSPS) is 14.0. The van der Waals surface area contributed by atoms with E-state index in [0.29, 0.717) is 18.1 Å². The highest BCUT2D eigenvalue weighted by molar-refractivity contribution is 7.53. The van der Waals surface area contributed by atoms with Crippen molar-refractivity contribution < 1.29 is 18.5 Å². The molecule has 0 aliphatic carbocycles. The van der Waals surface area contributed by atoms with E-state index in [1.165, 1.54) is 6.07 Å². The Bertz CT molecular complexity index is 467. The van der Waals surface area contributed by atoms with Gasteiger partial charge in [0.05, 0.1) is 23.7 Å². The summed E-state index contributed by atoms with van der Waals surface area (Å²) in [5.74, 6) is 0. The number of nitrogens with zero attached hydrogens (tertiary/aromatic N) is 1. The molecule has 1 aromatic rings. The molecule has 1 unspecified atom stereocenters. The number of hydrogen-bond donors (Lipinski definition) is 0. The number of benzene rings is 1. The van der Waals surface area contributed by atoms with Crippen LogP contribution in [0.3, 0.4) is 0 Å². The van der Waals surface area contributed by atoms with Crippen molar-refractivity contribution >= 4 is 13.3 Å². The molecule has 0 heterocycles. The van der Waals surface area contributed by atoms with E-state index in [4.69, 9.17) is 9.05 Å². The van der Waals surface area contributed by atoms with Crippen molar-refractivity contribution in [2.45, 2.75) is 26.9 Å². The second-order valence-corrected chi connectivity index (χ2v) is 6.10. The zero-order valence-electron chi connectivity index (χ0n) is 11.1. The van der Waals surface area contributed by atoms with Gasteiger partial charge in [0, 0.05) is 12.2 Å². The summed E-state index contributed by atoms with van der Waals surface area (Å²) in [5.41, 5.74) is 0.352. The third-order valence-corrected chi connectivity index (χ3v) is 4.60. The molecule has 1 aromatic carbocycles. The van der Waals surface area contributed by atoms with E-state index in [0.717, 1.165) is 0 Å². The number of para-hydroxylation sites is 1. The lowest BCUT2D eigenvalue weighted by Gasteiger charge is -2.17. The van der Waals surface area contributed by atoms with Gasteiger partial charge >= 0.3 is 7.60 Å². The highest BCUT2D eigenvalue weighted by Gasteiger charge is 2.24. The van der Waals surface area contributed by atoms with E-state index in [-0.39, 0.29) is 18.9 Å². The maximum atomic E-state index is 12.3. The second kappa shape index (κ2) is 7.38. The third-order valence-electron chi connectivity index (χ3n) is 2.43. The monoisotopic (exact) mass is 287 g/mol. The standard InChI is InChI=1S/C12H18NO5P/c1-3-9-19(16,17-4-2)18-10-11-7-5-6-8-12(11)13(14)15/h5-8H,3-4,9-10H2,1-2H3. The van der Waals surface area contributed by atoms with Crippen LogP contribution in [-0.4, -0.2) is 17.7 Å². The van der Waals surface area contributed by atoms with Crippen molar-refractivity contribution in [2.75, 3.05) is 12.8 Å². The van der Waals surface area contributed by atoms with Crippen LogP contribution in [0.2, 0.25) is 0 Å². The van der Waals surface area contributed by atoms with Crippen LogP contribution < -0.4 is 0 Å². The smallest absolute Gasteiger partial charge is 0.309 e. The highest BCUT2D eigenvalue weighted by atomic mass is 31.2. The third kappa shape index (κ3) is 4.74. The molecule has 1 atom stereocenters. The summed E-state index contributed by atoms with van der Waals surface area (Å²) in [4.78, 5) is 10.4. The van der Waals surface area contributed by atoms with Crippen molar-refractivity contribution in [3.05, 3.63) is 39.9 Å². The van der Waals surface area contributed by atoms with E-state index < -0.39 is 12.5 Å². The van der Waals surface area contributed by atoms with Crippen LogP contribution >= 0.6 is 7.60 Å². The lowest BCUT2D eigenvalue weighted by atomic mass is 10.2. The molecule has 19 heavy (non-hydrogen) atoms. The lowest BCUT2D eigenvalue weighted by Crippen LogP contribution is -2.02. The first-order valence-corrected chi connectivity index (χ1v) is 7.85. The number of rotatable bonds is 8. The summed E-state index contributed by atoms with van der Waals surface area (Å²) in [6, 6.07) is 6.23. The largest absolute Gasteiger partial charge is 0.330 e. The molecule has 0 radical (unpaired) electrons. The molecular formula is C12H18NO5P. The first-order valence-electron chi connectivity index (χ1n) is 6.13. The fourth-order valence-corrected chi connectivity index (χ4v) is 3.23. The molecule has 0 saturated heterocycles. The van der Waals surface area contributed by atoms with Gasteiger partial charge in [-0.3, -0.25) is 14.7 Å². The van der Waals surface area contributed by atoms with Gasteiger partial charge in [0.1, 0.15) is 0 Å². The predicted octanol–water partition coefficient (Wildman–Crippen LogP) is 3.75. The summed E-state index contributed by atoms with van der Waals surface area (Å²) >= 11 is 0. The second-order valence-electron chi connectivity index (χ2n) is 3.91. The Kier molecular flexibility index (Phi) is 6.15. The van der Waals surface area contributed by atoms with Crippen LogP contribution in [-0.2, 0) is 20.2 Å². The molecule has 106 valence electrons. The molecule has 0 aliphatic rings. The van der Waals surface area contributed by atoms with Gasteiger partial charge in [-0.2, -0.15) is 0 Å². The quantitative estimate of drug-likeness (QED) is 0.413. The van der Waals surface area contributed by atoms with Crippen LogP contribution in [0.4, 0.5) is 5.69 Å². The minimum absolute atomic E-state index is 0.0398. The molecule has 1 rings (SSSR count). The zero-order chi connectivity index (χ0) is 14.3. The molecule has 0 N–H and O–H groups in total. The van der Waals surface area contributed by atoms with Crippen LogP contribution in [0, 0.1) is 10.1 Å². The van der Waals surface area contributed by atoms with Gasteiger partial charge in [0.2, 0.25) is 0 Å². The minimum Gasteiger partial charge on any atom is -0.309 e. The summed E-state index contributed by atoms with van der Waals surface area (Å²) < 4.78 is 22.7. The predicted molar refractivity (Wildman–Crippen MR) is 72.3 cm³/mol. The van der Waals surface area contributed by atoms with Crippen molar-refractivity contribution in [2.24, 2.45) is 0 Å². The lowest BCUT2D eigenvalue weighted by molar-refractivity contribution is -0.385. The summed E-state index contributed by atoms with van der Waals surface area (Å²) in [6.45, 7) is 3.80. The van der Waals surface area contributed by atoms with Gasteiger partial charge in [-0.05, 0) is 19.4 Å². The van der Waals surface area contributed by atoms with Gasteiger partial charge in [-0.15, -0.1) is 0 Å². The first kappa shape index (κ1) is 15.8. The minimum atomic E-state index is -3.16. The van der Waals surface area contributed by atoms with Crippen LogP contribution in [0.15, 0.2) is 24.3 Å². The molecule has 7 heteroatoms. The fraction of sp³-hybridized carbons (Fsp3) is 0.500. The van der Waals surface area contributed by atoms with Crippen molar-refractivity contribution in [3.8, 4) is 0 Å². The molecular weight excluding hydrogens is 269 g/mol. The first-order chi connectivity index (χ1) is 9.02. The van der Waals surface area contributed by atoms with Crippen LogP contribution in [0.1, 0.15) is 25.8 Å². The Morgan fingerprint density at radius 2 is 1.95 bits per heavy atom. The van der Waals surface area contributed by atoms with E-state index in [9.17, 15) is 14.7 Å². The van der Waals surface area contributed by atoms with Crippen molar-refractivity contribution in [1.29, 1.82) is 0 Å². The number of hydrogen-bond acceptors (Lipinski definition) is 5. The van der Waals surface area contributed by atoms with E-state index >= 15 is 0 Å². The molecule has 0 saturated carbocycles. The molecule has 0 amide bonds. The van der Waals surface area contributed by atoms with E-state index in [2.05, 4.69) is 0 Å². The Morgan fingerprint density at radius 1 is 1.26 bits per heavy atom. The van der Waals surface area contributed by atoms with Crippen LogP contribution in [0.5, 0.6) is 0 Å². The molecule has 0 aromatic heterocycles. The SMILES string of the molecule is CCCP(=O)(OCC)OCc1ccccc1[N+](=O)[O-]. The van der Waals surface area contributed by atoms with E-state index in [1.54, 1.807) is 25.1 Å². The summed E-state index contributed by atoms with van der Waals surface area (Å²) in [6.07, 6.45) is 0.968. The Morgan fingerprint density at radius 3 is 2.53 bits per heavy atom. The Labute approximate surface area is 112 Å². The number of nitro benzene ring substituents is 1. The average molecular weight is 287 g/mol. The fourth-order valence-electron chi connectivity index (χ4n) is 1.62.